The fourth-order valence-corrected chi connectivity index (χ4v) is 4.35. The maximum atomic E-state index is 12.9. The summed E-state index contributed by atoms with van der Waals surface area (Å²) in [4.78, 5) is 27.6. The Morgan fingerprint density at radius 3 is 2.23 bits per heavy atom. The van der Waals surface area contributed by atoms with E-state index in [1.807, 2.05) is 4.90 Å². The van der Waals surface area contributed by atoms with E-state index in [1.165, 1.54) is 5.57 Å². The highest BCUT2D eigenvalue weighted by molar-refractivity contribution is 6.30. The van der Waals surface area contributed by atoms with Gasteiger partial charge in [0.1, 0.15) is 0 Å². The SMILES string of the molecule is CC(C)=C[C@H]1[C@H](C(=O)N2CCC(C(=O)c3ccc(Cl)cc3)CC2)C1(C)C. The molecular weight excluding hydrogens is 346 g/mol. The van der Waals surface area contributed by atoms with Crippen LogP contribution in [0.15, 0.2) is 35.9 Å². The van der Waals surface area contributed by atoms with E-state index >= 15 is 0 Å². The molecule has 4 heteroatoms. The number of benzene rings is 1. The van der Waals surface area contributed by atoms with Crippen molar-refractivity contribution in [1.29, 1.82) is 0 Å². The summed E-state index contributed by atoms with van der Waals surface area (Å²) in [5.41, 5.74) is 2.03. The Labute approximate surface area is 161 Å². The van der Waals surface area contributed by atoms with Crippen LogP contribution in [0, 0.1) is 23.2 Å². The van der Waals surface area contributed by atoms with Gasteiger partial charge in [-0.1, -0.05) is 37.1 Å². The highest BCUT2D eigenvalue weighted by Crippen LogP contribution is 2.60. The minimum Gasteiger partial charge on any atom is -0.342 e. The zero-order valence-electron chi connectivity index (χ0n) is 16.1. The molecule has 3 nitrogen and oxygen atoms in total. The summed E-state index contributed by atoms with van der Waals surface area (Å²) in [6.45, 7) is 9.88. The lowest BCUT2D eigenvalue weighted by atomic mass is 9.88. The summed E-state index contributed by atoms with van der Waals surface area (Å²) in [6.07, 6.45) is 3.72. The molecule has 26 heavy (non-hydrogen) atoms. The van der Waals surface area contributed by atoms with E-state index in [-0.39, 0.29) is 28.9 Å². The second kappa shape index (κ2) is 7.19. The van der Waals surface area contributed by atoms with Crippen LogP contribution in [-0.2, 0) is 4.79 Å². The van der Waals surface area contributed by atoms with Crippen LogP contribution >= 0.6 is 11.6 Å². The molecule has 2 aliphatic rings. The number of likely N-dealkylation sites (tertiary alicyclic amines) is 1. The number of halogens is 1. The van der Waals surface area contributed by atoms with E-state index in [0.29, 0.717) is 29.6 Å². The van der Waals surface area contributed by atoms with E-state index in [2.05, 4.69) is 33.8 Å². The third kappa shape index (κ3) is 3.73. The normalized spacial score (nSPS) is 24.9. The average Bonchev–Trinajstić information content (AvgIpc) is 3.13. The van der Waals surface area contributed by atoms with Gasteiger partial charge in [-0.3, -0.25) is 9.59 Å². The van der Waals surface area contributed by atoms with Crippen LogP contribution in [0.25, 0.3) is 0 Å². The molecule has 1 aromatic rings. The molecule has 2 atom stereocenters. The summed E-state index contributed by atoms with van der Waals surface area (Å²) >= 11 is 5.90. The summed E-state index contributed by atoms with van der Waals surface area (Å²) < 4.78 is 0. The van der Waals surface area contributed by atoms with Crippen LogP contribution in [-0.4, -0.2) is 29.7 Å². The Kier molecular flexibility index (Phi) is 5.30. The van der Waals surface area contributed by atoms with Gasteiger partial charge in [-0.2, -0.15) is 0 Å². The van der Waals surface area contributed by atoms with E-state index in [1.54, 1.807) is 24.3 Å². The Bertz CT molecular complexity index is 723. The molecule has 140 valence electrons. The lowest BCUT2D eigenvalue weighted by Gasteiger charge is -2.32. The van der Waals surface area contributed by atoms with E-state index in [9.17, 15) is 9.59 Å². The van der Waals surface area contributed by atoms with Crippen molar-refractivity contribution in [3.8, 4) is 0 Å². The van der Waals surface area contributed by atoms with E-state index < -0.39 is 0 Å². The van der Waals surface area contributed by atoms with Crippen molar-refractivity contribution in [2.24, 2.45) is 23.2 Å². The van der Waals surface area contributed by atoms with Crippen LogP contribution in [0.2, 0.25) is 5.02 Å². The number of ketones is 1. The van der Waals surface area contributed by atoms with Crippen molar-refractivity contribution in [3.63, 3.8) is 0 Å². The highest BCUT2D eigenvalue weighted by Gasteiger charge is 2.61. The zero-order valence-corrected chi connectivity index (χ0v) is 16.8. The second-order valence-electron chi connectivity index (χ2n) is 8.54. The van der Waals surface area contributed by atoms with Crippen LogP contribution in [0.5, 0.6) is 0 Å². The smallest absolute Gasteiger partial charge is 0.226 e. The van der Waals surface area contributed by atoms with Gasteiger partial charge in [0.05, 0.1) is 5.92 Å². The molecule has 3 rings (SSSR count). The van der Waals surface area contributed by atoms with Gasteiger partial charge in [-0.15, -0.1) is 0 Å². The molecule has 0 N–H and O–H groups in total. The largest absolute Gasteiger partial charge is 0.342 e. The fourth-order valence-electron chi connectivity index (χ4n) is 4.23. The molecule has 1 aromatic carbocycles. The van der Waals surface area contributed by atoms with Crippen molar-refractivity contribution < 1.29 is 9.59 Å². The molecule has 0 radical (unpaired) electrons. The molecule has 1 saturated heterocycles. The maximum absolute atomic E-state index is 12.9. The first-order chi connectivity index (χ1) is 12.2. The van der Waals surface area contributed by atoms with Gasteiger partial charge < -0.3 is 4.90 Å². The summed E-state index contributed by atoms with van der Waals surface area (Å²) in [5.74, 6) is 0.855. The number of hydrogen-bond donors (Lipinski definition) is 0. The first-order valence-electron chi connectivity index (χ1n) is 9.45. The molecule has 1 amide bonds. The summed E-state index contributed by atoms with van der Waals surface area (Å²) in [5, 5.41) is 0.639. The number of allylic oxidation sites excluding steroid dienone is 2. The predicted octanol–water partition coefficient (Wildman–Crippen LogP) is 5.00. The van der Waals surface area contributed by atoms with Gasteiger partial charge in [-0.05, 0) is 62.3 Å². The molecule has 0 unspecified atom stereocenters. The first kappa shape index (κ1) is 19.2. The number of amides is 1. The van der Waals surface area contributed by atoms with Crippen molar-refractivity contribution in [3.05, 3.63) is 46.5 Å². The Balaban J connectivity index is 1.59. The third-order valence-corrected chi connectivity index (χ3v) is 6.25. The van der Waals surface area contributed by atoms with Crippen molar-refractivity contribution in [2.45, 2.75) is 40.5 Å². The monoisotopic (exact) mass is 373 g/mol. The van der Waals surface area contributed by atoms with Crippen LogP contribution < -0.4 is 0 Å². The summed E-state index contributed by atoms with van der Waals surface area (Å²) in [7, 11) is 0. The number of piperidine rings is 1. The first-order valence-corrected chi connectivity index (χ1v) is 9.83. The highest BCUT2D eigenvalue weighted by atomic mass is 35.5. The standard InChI is InChI=1S/C22H28ClNO2/c1-14(2)13-18-19(22(18,3)4)21(26)24-11-9-16(10-12-24)20(25)15-5-7-17(23)8-6-15/h5-8,13,16,18-19H,9-12H2,1-4H3/t18-,19+/m0/s1. The molecule has 1 aliphatic heterocycles. The van der Waals surface area contributed by atoms with Gasteiger partial charge in [-0.25, -0.2) is 0 Å². The second-order valence-corrected chi connectivity index (χ2v) is 8.98. The molecule has 0 spiro atoms. The molecule has 0 bridgehead atoms. The molecule has 1 saturated carbocycles. The molecular formula is C22H28ClNO2. The Morgan fingerprint density at radius 1 is 1.12 bits per heavy atom. The number of carbonyl (C=O) groups excluding carboxylic acids is 2. The lowest BCUT2D eigenvalue weighted by Crippen LogP contribution is -2.41. The van der Waals surface area contributed by atoms with Crippen molar-refractivity contribution >= 4 is 23.3 Å². The Morgan fingerprint density at radius 2 is 1.69 bits per heavy atom. The third-order valence-electron chi connectivity index (χ3n) is 6.00. The van der Waals surface area contributed by atoms with E-state index in [4.69, 9.17) is 11.6 Å². The quantitative estimate of drug-likeness (QED) is 0.550. The number of carbonyl (C=O) groups is 2. The number of Topliss-reactive ketones (excluding diaryl/α,β-unsaturated/α-hetero) is 1. The van der Waals surface area contributed by atoms with Crippen LogP contribution in [0.1, 0.15) is 50.9 Å². The fraction of sp³-hybridized carbons (Fsp3) is 0.545. The Hall–Kier alpha value is -1.61. The molecule has 1 heterocycles. The predicted molar refractivity (Wildman–Crippen MR) is 105 cm³/mol. The summed E-state index contributed by atoms with van der Waals surface area (Å²) in [6, 6.07) is 7.09. The minimum absolute atomic E-state index is 0.000942. The number of nitrogens with zero attached hydrogens (tertiary/aromatic N) is 1. The van der Waals surface area contributed by atoms with Gasteiger partial charge in [0.15, 0.2) is 5.78 Å². The lowest BCUT2D eigenvalue weighted by molar-refractivity contribution is -0.134. The van der Waals surface area contributed by atoms with Gasteiger partial charge in [0, 0.05) is 29.6 Å². The molecule has 1 aliphatic carbocycles. The zero-order chi connectivity index (χ0) is 19.1. The minimum atomic E-state index is 0.000942. The topological polar surface area (TPSA) is 37.4 Å². The number of hydrogen-bond acceptors (Lipinski definition) is 2. The van der Waals surface area contributed by atoms with E-state index in [0.717, 1.165) is 12.8 Å². The molecule has 0 aromatic heterocycles. The van der Waals surface area contributed by atoms with Crippen molar-refractivity contribution in [1.82, 2.24) is 4.90 Å². The van der Waals surface area contributed by atoms with Gasteiger partial charge in [0.25, 0.3) is 0 Å². The molecule has 2 fully saturated rings. The van der Waals surface area contributed by atoms with Gasteiger partial charge >= 0.3 is 0 Å². The average molecular weight is 374 g/mol. The maximum Gasteiger partial charge on any atom is 0.226 e. The van der Waals surface area contributed by atoms with Crippen LogP contribution in [0.4, 0.5) is 0 Å². The number of rotatable bonds is 4. The van der Waals surface area contributed by atoms with Gasteiger partial charge in [0.2, 0.25) is 5.91 Å². The van der Waals surface area contributed by atoms with Crippen molar-refractivity contribution in [2.75, 3.05) is 13.1 Å². The van der Waals surface area contributed by atoms with Crippen LogP contribution in [0.3, 0.4) is 0 Å².